The van der Waals surface area contributed by atoms with E-state index in [-0.39, 0.29) is 0 Å². The SMILES string of the molecule is Cc1cc(C)c(C(=O)P(=O)(c2ccccc2)c2ccccc2)c(C)c1Cc1c(C)cc(C)c(C(=O)P(=O)(c2ccccc2)c2ccccc2)c1C. The van der Waals surface area contributed by atoms with Gasteiger partial charge in [0, 0.05) is 32.3 Å². The molecule has 0 radical (unpaired) electrons. The molecular weight excluding hydrogens is 666 g/mol. The Kier molecular flexibility index (Phi) is 10.1. The Morgan fingerprint density at radius 1 is 0.412 bits per heavy atom. The van der Waals surface area contributed by atoms with Crippen LogP contribution < -0.4 is 21.2 Å². The zero-order valence-corrected chi connectivity index (χ0v) is 31.7. The maximum atomic E-state index is 15.2. The third-order valence-corrected chi connectivity index (χ3v) is 15.8. The molecule has 0 heterocycles. The minimum atomic E-state index is -3.75. The molecule has 6 rings (SSSR count). The number of carbonyl (C=O) groups is 2. The largest absolute Gasteiger partial charge is 0.305 e. The molecule has 0 N–H and O–H groups in total. The van der Waals surface area contributed by atoms with Crippen molar-refractivity contribution in [1.29, 1.82) is 0 Å². The van der Waals surface area contributed by atoms with Crippen molar-refractivity contribution in [3.05, 3.63) is 189 Å². The Hall–Kier alpha value is -4.88. The summed E-state index contributed by atoms with van der Waals surface area (Å²) in [5.41, 5.74) is 7.12. The molecule has 0 amide bonds. The molecule has 6 aromatic carbocycles. The van der Waals surface area contributed by atoms with Gasteiger partial charge in [-0.25, -0.2) is 0 Å². The highest BCUT2D eigenvalue weighted by Gasteiger charge is 2.40. The number of aryl methyl sites for hydroxylation is 4. The lowest BCUT2D eigenvalue weighted by Gasteiger charge is -2.25. The molecule has 0 saturated carbocycles. The van der Waals surface area contributed by atoms with Crippen molar-refractivity contribution in [1.82, 2.24) is 0 Å². The van der Waals surface area contributed by atoms with E-state index in [0.29, 0.717) is 38.8 Å². The van der Waals surface area contributed by atoms with Crippen LogP contribution >= 0.6 is 14.3 Å². The second-order valence-electron chi connectivity index (χ2n) is 13.3. The summed E-state index contributed by atoms with van der Waals surface area (Å²) in [6.45, 7) is 11.7. The van der Waals surface area contributed by atoms with Gasteiger partial charge in [-0.3, -0.25) is 9.59 Å². The molecule has 0 aliphatic heterocycles. The highest BCUT2D eigenvalue weighted by Crippen LogP contribution is 2.50. The van der Waals surface area contributed by atoms with E-state index < -0.39 is 25.3 Å². The van der Waals surface area contributed by atoms with Crippen LogP contribution in [-0.4, -0.2) is 11.0 Å². The fourth-order valence-electron chi connectivity index (χ4n) is 7.47. The molecule has 0 spiro atoms. The second kappa shape index (κ2) is 14.4. The molecule has 0 unspecified atom stereocenters. The van der Waals surface area contributed by atoms with Crippen molar-refractivity contribution in [2.45, 2.75) is 48.0 Å². The first-order valence-electron chi connectivity index (χ1n) is 17.1. The predicted octanol–water partition coefficient (Wildman–Crippen LogP) is 9.44. The Balaban J connectivity index is 1.50. The van der Waals surface area contributed by atoms with E-state index in [1.807, 2.05) is 126 Å². The van der Waals surface area contributed by atoms with E-state index in [9.17, 15) is 9.59 Å². The molecule has 0 fully saturated rings. The van der Waals surface area contributed by atoms with Gasteiger partial charge in [-0.1, -0.05) is 133 Å². The van der Waals surface area contributed by atoms with Gasteiger partial charge < -0.3 is 9.13 Å². The summed E-state index contributed by atoms with van der Waals surface area (Å²) in [7, 11) is -7.49. The highest BCUT2D eigenvalue weighted by atomic mass is 31.2. The molecule has 0 saturated heterocycles. The van der Waals surface area contributed by atoms with Crippen LogP contribution in [0.25, 0.3) is 0 Å². The Morgan fingerprint density at radius 2 is 0.667 bits per heavy atom. The van der Waals surface area contributed by atoms with Gasteiger partial charge in [-0.05, 0) is 92.5 Å². The normalized spacial score (nSPS) is 11.7. The quantitative estimate of drug-likeness (QED) is 0.133. The summed E-state index contributed by atoms with van der Waals surface area (Å²) < 4.78 is 30.3. The zero-order valence-electron chi connectivity index (χ0n) is 29.9. The average molecular weight is 709 g/mol. The molecule has 0 bridgehead atoms. The van der Waals surface area contributed by atoms with Crippen LogP contribution in [0.5, 0.6) is 0 Å². The van der Waals surface area contributed by atoms with Gasteiger partial charge in [0.05, 0.1) is 0 Å². The van der Waals surface area contributed by atoms with Crippen molar-refractivity contribution in [2.24, 2.45) is 0 Å². The van der Waals surface area contributed by atoms with Gasteiger partial charge in [0.1, 0.15) is 0 Å². The summed E-state index contributed by atoms with van der Waals surface area (Å²) in [5, 5.41) is 1.99. The molecule has 0 atom stereocenters. The lowest BCUT2D eigenvalue weighted by molar-refractivity contribution is 0.106. The van der Waals surface area contributed by atoms with Crippen molar-refractivity contribution < 1.29 is 18.7 Å². The lowest BCUT2D eigenvalue weighted by Crippen LogP contribution is -2.24. The van der Waals surface area contributed by atoms with Gasteiger partial charge in [-0.15, -0.1) is 0 Å². The maximum Gasteiger partial charge on any atom is 0.230 e. The summed E-state index contributed by atoms with van der Waals surface area (Å²) >= 11 is 0. The molecule has 6 heteroatoms. The minimum Gasteiger partial charge on any atom is -0.305 e. The topological polar surface area (TPSA) is 68.3 Å². The Morgan fingerprint density at radius 3 is 0.922 bits per heavy atom. The van der Waals surface area contributed by atoms with Gasteiger partial charge in [0.15, 0.2) is 0 Å². The number of rotatable bonds is 10. The smallest absolute Gasteiger partial charge is 0.230 e. The van der Waals surface area contributed by atoms with Crippen molar-refractivity contribution in [3.8, 4) is 0 Å². The highest BCUT2D eigenvalue weighted by molar-refractivity contribution is 7.94. The van der Waals surface area contributed by atoms with Crippen LogP contribution in [0.3, 0.4) is 0 Å². The lowest BCUT2D eigenvalue weighted by atomic mass is 9.85. The molecule has 0 aromatic heterocycles. The first-order valence-corrected chi connectivity index (χ1v) is 20.5. The molecule has 6 aromatic rings. The summed E-state index contributed by atoms with van der Waals surface area (Å²) in [5.74, 6) is 0. The maximum absolute atomic E-state index is 15.2. The van der Waals surface area contributed by atoms with E-state index in [2.05, 4.69) is 0 Å². The van der Waals surface area contributed by atoms with Gasteiger partial charge in [-0.2, -0.15) is 0 Å². The standard InChI is InChI=1S/C45H42O4P2/c1-30-27-32(3)42(44(46)50(48,36-19-11-7-12-20-36)37-21-13-8-14-22-37)34(5)40(30)29-41-31(2)28-33(4)43(35(41)6)45(47)51(49,38-23-15-9-16-24-38)39-25-17-10-18-26-39/h7-28H,29H2,1-6H3. The second-order valence-corrected chi connectivity index (χ2v) is 18.6. The van der Waals surface area contributed by atoms with Crippen molar-refractivity contribution in [3.63, 3.8) is 0 Å². The van der Waals surface area contributed by atoms with Crippen LogP contribution in [0, 0.1) is 41.5 Å². The van der Waals surface area contributed by atoms with Gasteiger partial charge >= 0.3 is 0 Å². The average Bonchev–Trinajstić information content (AvgIpc) is 3.14. The third kappa shape index (κ3) is 6.33. The molecule has 256 valence electrons. The van der Waals surface area contributed by atoms with Crippen LogP contribution in [-0.2, 0) is 15.6 Å². The van der Waals surface area contributed by atoms with E-state index in [4.69, 9.17) is 0 Å². The van der Waals surface area contributed by atoms with E-state index in [0.717, 1.165) is 44.5 Å². The molecule has 4 nitrogen and oxygen atoms in total. The van der Waals surface area contributed by atoms with Crippen molar-refractivity contribution >= 4 is 46.6 Å². The van der Waals surface area contributed by atoms with Crippen molar-refractivity contribution in [2.75, 3.05) is 0 Å². The number of hydrogen-bond donors (Lipinski definition) is 0. The predicted molar refractivity (Wildman–Crippen MR) is 212 cm³/mol. The number of benzene rings is 6. The van der Waals surface area contributed by atoms with E-state index in [1.165, 1.54) is 0 Å². The number of carbonyl (C=O) groups excluding carboxylic acids is 2. The van der Waals surface area contributed by atoms with Crippen LogP contribution in [0.15, 0.2) is 133 Å². The molecular formula is C45H42O4P2. The van der Waals surface area contributed by atoms with Crippen LogP contribution in [0.1, 0.15) is 65.2 Å². The van der Waals surface area contributed by atoms with E-state index in [1.54, 1.807) is 48.5 Å². The van der Waals surface area contributed by atoms with Crippen LogP contribution in [0.2, 0.25) is 0 Å². The fourth-order valence-corrected chi connectivity index (χ4v) is 12.7. The number of hydrogen-bond acceptors (Lipinski definition) is 4. The molecule has 0 aliphatic carbocycles. The Labute approximate surface area is 301 Å². The third-order valence-electron chi connectivity index (χ3n) is 10.1. The summed E-state index contributed by atoms with van der Waals surface area (Å²) in [6, 6.07) is 40.1. The minimum absolute atomic E-state index is 0.393. The first-order chi connectivity index (χ1) is 24.4. The molecule has 0 aliphatic rings. The van der Waals surface area contributed by atoms with Crippen LogP contribution in [0.4, 0.5) is 0 Å². The van der Waals surface area contributed by atoms with Gasteiger partial charge in [0.25, 0.3) is 0 Å². The molecule has 51 heavy (non-hydrogen) atoms. The summed E-state index contributed by atoms with van der Waals surface area (Å²) in [4.78, 5) is 29.6. The fraction of sp³-hybridized carbons (Fsp3) is 0.156. The monoisotopic (exact) mass is 708 g/mol. The Bertz CT molecular complexity index is 2110. The van der Waals surface area contributed by atoms with E-state index >= 15 is 9.13 Å². The summed E-state index contributed by atoms with van der Waals surface area (Å²) in [6.07, 6.45) is 0.443. The first kappa shape index (κ1) is 35.9. The van der Waals surface area contributed by atoms with Gasteiger partial charge in [0.2, 0.25) is 25.3 Å². The zero-order chi connectivity index (χ0) is 36.5.